The van der Waals surface area contributed by atoms with Crippen LogP contribution in [0.15, 0.2) is 61.1 Å². The zero-order valence-electron chi connectivity index (χ0n) is 13.9. The number of benzene rings is 1. The lowest BCUT2D eigenvalue weighted by Gasteiger charge is -2.14. The number of ether oxygens (including phenoxy) is 1. The molecule has 0 aliphatic heterocycles. The first-order valence-corrected chi connectivity index (χ1v) is 7.97. The third-order valence-corrected chi connectivity index (χ3v) is 3.78. The summed E-state index contributed by atoms with van der Waals surface area (Å²) in [6.45, 7) is 1.97. The van der Waals surface area contributed by atoms with Gasteiger partial charge in [-0.05, 0) is 49.4 Å². The molecule has 0 saturated heterocycles. The van der Waals surface area contributed by atoms with Crippen LogP contribution in [0.4, 0.5) is 0 Å². The number of carbonyl (C=O) groups is 1. The molecule has 0 spiro atoms. The predicted molar refractivity (Wildman–Crippen MR) is 93.4 cm³/mol. The molecular formula is C19H19N3O3. The van der Waals surface area contributed by atoms with Crippen molar-refractivity contribution >= 4 is 5.78 Å². The van der Waals surface area contributed by atoms with E-state index in [9.17, 15) is 9.90 Å². The maximum absolute atomic E-state index is 11.3. The molecule has 3 aromatic rings. The van der Waals surface area contributed by atoms with E-state index < -0.39 is 6.10 Å². The Balaban J connectivity index is 1.59. The lowest BCUT2D eigenvalue weighted by molar-refractivity contribution is 0.0897. The number of nitrogens with zero attached hydrogens (tertiary/aromatic N) is 3. The molecule has 1 N–H and O–H groups in total. The van der Waals surface area contributed by atoms with Gasteiger partial charge in [0, 0.05) is 29.7 Å². The Kier molecular flexibility index (Phi) is 5.20. The van der Waals surface area contributed by atoms with Crippen LogP contribution in [0.25, 0.3) is 11.3 Å². The summed E-state index contributed by atoms with van der Waals surface area (Å²) in [6.07, 6.45) is 4.42. The number of rotatable bonds is 7. The molecule has 6 heteroatoms. The Bertz CT molecular complexity index is 829. The Morgan fingerprint density at radius 1 is 1.12 bits per heavy atom. The van der Waals surface area contributed by atoms with E-state index in [1.165, 1.54) is 6.92 Å². The molecule has 0 bridgehead atoms. The Morgan fingerprint density at radius 3 is 2.52 bits per heavy atom. The molecule has 0 aliphatic rings. The largest absolute Gasteiger partial charge is 0.491 e. The van der Waals surface area contributed by atoms with Crippen molar-refractivity contribution in [3.05, 3.63) is 66.6 Å². The standard InChI is InChI=1S/C19H19N3O3/c1-14(23)15-2-4-18(5-3-15)25-13-17(24)12-22-19(8-11-21-22)16-6-9-20-10-7-16/h2-11,17,24H,12-13H2,1H3. The summed E-state index contributed by atoms with van der Waals surface area (Å²) in [5, 5.41) is 14.5. The second-order valence-corrected chi connectivity index (χ2v) is 5.68. The number of Topliss-reactive ketones (excluding diaryl/α,β-unsaturated/α-hetero) is 1. The van der Waals surface area contributed by atoms with Crippen LogP contribution in [0.2, 0.25) is 0 Å². The number of aliphatic hydroxyl groups excluding tert-OH is 1. The molecule has 1 aromatic carbocycles. The van der Waals surface area contributed by atoms with Gasteiger partial charge in [0.05, 0.1) is 12.2 Å². The van der Waals surface area contributed by atoms with E-state index in [1.54, 1.807) is 47.5 Å². The number of hydrogen-bond donors (Lipinski definition) is 1. The number of ketones is 1. The van der Waals surface area contributed by atoms with Crippen molar-refractivity contribution in [2.75, 3.05) is 6.61 Å². The minimum atomic E-state index is -0.715. The van der Waals surface area contributed by atoms with Gasteiger partial charge in [0.15, 0.2) is 5.78 Å². The first-order valence-electron chi connectivity index (χ1n) is 7.97. The molecule has 0 saturated carbocycles. The van der Waals surface area contributed by atoms with Gasteiger partial charge in [-0.1, -0.05) is 0 Å². The lowest BCUT2D eigenvalue weighted by Crippen LogP contribution is -2.24. The highest BCUT2D eigenvalue weighted by Gasteiger charge is 2.11. The van der Waals surface area contributed by atoms with Crippen molar-refractivity contribution in [1.29, 1.82) is 0 Å². The van der Waals surface area contributed by atoms with Crippen molar-refractivity contribution in [3.8, 4) is 17.0 Å². The summed E-state index contributed by atoms with van der Waals surface area (Å²) < 4.78 is 7.32. The van der Waals surface area contributed by atoms with Crippen molar-refractivity contribution in [3.63, 3.8) is 0 Å². The van der Waals surface area contributed by atoms with Crippen molar-refractivity contribution < 1.29 is 14.6 Å². The fraction of sp³-hybridized carbons (Fsp3) is 0.211. The Labute approximate surface area is 145 Å². The van der Waals surface area contributed by atoms with Crippen LogP contribution in [0.1, 0.15) is 17.3 Å². The van der Waals surface area contributed by atoms with Crippen molar-refractivity contribution in [2.45, 2.75) is 19.6 Å². The van der Waals surface area contributed by atoms with Gasteiger partial charge in [-0.25, -0.2) is 0 Å². The summed E-state index contributed by atoms with van der Waals surface area (Å²) in [6, 6.07) is 12.5. The van der Waals surface area contributed by atoms with Gasteiger partial charge in [-0.15, -0.1) is 0 Å². The average Bonchev–Trinajstić information content (AvgIpc) is 3.09. The van der Waals surface area contributed by atoms with E-state index in [0.29, 0.717) is 17.9 Å². The van der Waals surface area contributed by atoms with E-state index in [4.69, 9.17) is 4.74 Å². The topological polar surface area (TPSA) is 77.2 Å². The van der Waals surface area contributed by atoms with E-state index in [2.05, 4.69) is 10.1 Å². The van der Waals surface area contributed by atoms with Crippen LogP contribution in [0.5, 0.6) is 5.75 Å². The van der Waals surface area contributed by atoms with Gasteiger partial charge in [0.1, 0.15) is 18.5 Å². The Hall–Kier alpha value is -2.99. The number of pyridine rings is 1. The van der Waals surface area contributed by atoms with Crippen LogP contribution < -0.4 is 4.74 Å². The van der Waals surface area contributed by atoms with E-state index in [1.807, 2.05) is 18.2 Å². The molecule has 6 nitrogen and oxygen atoms in total. The van der Waals surface area contributed by atoms with E-state index in [-0.39, 0.29) is 12.4 Å². The molecule has 0 radical (unpaired) electrons. The van der Waals surface area contributed by atoms with Gasteiger partial charge in [0.2, 0.25) is 0 Å². The lowest BCUT2D eigenvalue weighted by atomic mass is 10.1. The minimum absolute atomic E-state index is 0.00825. The van der Waals surface area contributed by atoms with Gasteiger partial charge in [-0.2, -0.15) is 5.10 Å². The third-order valence-electron chi connectivity index (χ3n) is 3.78. The highest BCUT2D eigenvalue weighted by atomic mass is 16.5. The predicted octanol–water partition coefficient (Wildman–Crippen LogP) is 2.59. The highest BCUT2D eigenvalue weighted by molar-refractivity contribution is 5.94. The van der Waals surface area contributed by atoms with Crippen LogP contribution in [0, 0.1) is 0 Å². The second-order valence-electron chi connectivity index (χ2n) is 5.68. The molecule has 3 rings (SSSR count). The maximum atomic E-state index is 11.3. The summed E-state index contributed by atoms with van der Waals surface area (Å²) in [7, 11) is 0. The molecule has 1 atom stereocenters. The van der Waals surface area contributed by atoms with Gasteiger partial charge in [0.25, 0.3) is 0 Å². The van der Waals surface area contributed by atoms with Crippen LogP contribution in [0.3, 0.4) is 0 Å². The molecule has 128 valence electrons. The fourth-order valence-electron chi connectivity index (χ4n) is 2.48. The summed E-state index contributed by atoms with van der Waals surface area (Å²) in [5.41, 5.74) is 2.53. The number of hydrogen-bond acceptors (Lipinski definition) is 5. The normalized spacial score (nSPS) is 11.9. The smallest absolute Gasteiger partial charge is 0.159 e. The molecule has 0 amide bonds. The summed E-state index contributed by atoms with van der Waals surface area (Å²) >= 11 is 0. The van der Waals surface area contributed by atoms with Gasteiger partial charge in [-0.3, -0.25) is 14.5 Å². The molecule has 1 unspecified atom stereocenters. The van der Waals surface area contributed by atoms with Crippen LogP contribution in [-0.4, -0.2) is 38.4 Å². The Morgan fingerprint density at radius 2 is 1.84 bits per heavy atom. The number of carbonyl (C=O) groups excluding carboxylic acids is 1. The molecular weight excluding hydrogens is 318 g/mol. The quantitative estimate of drug-likeness (QED) is 0.671. The second kappa shape index (κ2) is 7.72. The average molecular weight is 337 g/mol. The first-order chi connectivity index (χ1) is 12.1. The fourth-order valence-corrected chi connectivity index (χ4v) is 2.48. The van der Waals surface area contributed by atoms with Crippen LogP contribution in [-0.2, 0) is 6.54 Å². The zero-order valence-corrected chi connectivity index (χ0v) is 13.9. The molecule has 2 aromatic heterocycles. The SMILES string of the molecule is CC(=O)c1ccc(OCC(O)Cn2nccc2-c2ccncc2)cc1. The molecule has 25 heavy (non-hydrogen) atoms. The summed E-state index contributed by atoms with van der Waals surface area (Å²) in [5.74, 6) is 0.618. The summed E-state index contributed by atoms with van der Waals surface area (Å²) in [4.78, 5) is 15.3. The zero-order chi connectivity index (χ0) is 17.6. The first kappa shape index (κ1) is 16.9. The molecule has 2 heterocycles. The molecule has 0 aliphatic carbocycles. The third kappa shape index (κ3) is 4.30. The van der Waals surface area contributed by atoms with Crippen LogP contribution >= 0.6 is 0 Å². The van der Waals surface area contributed by atoms with E-state index >= 15 is 0 Å². The number of aliphatic hydroxyl groups is 1. The highest BCUT2D eigenvalue weighted by Crippen LogP contribution is 2.18. The minimum Gasteiger partial charge on any atom is -0.491 e. The van der Waals surface area contributed by atoms with Crippen molar-refractivity contribution in [1.82, 2.24) is 14.8 Å². The van der Waals surface area contributed by atoms with Crippen molar-refractivity contribution in [2.24, 2.45) is 0 Å². The van der Waals surface area contributed by atoms with E-state index in [0.717, 1.165) is 11.3 Å². The molecule has 0 fully saturated rings. The van der Waals surface area contributed by atoms with Gasteiger partial charge >= 0.3 is 0 Å². The monoisotopic (exact) mass is 337 g/mol. The van der Waals surface area contributed by atoms with Gasteiger partial charge < -0.3 is 9.84 Å². The maximum Gasteiger partial charge on any atom is 0.159 e. The number of aromatic nitrogens is 3.